The number of nitrogens with zero attached hydrogens (tertiary/aromatic N) is 3. The van der Waals surface area contributed by atoms with Crippen LogP contribution in [0.2, 0.25) is 18.6 Å². The maximum Gasteiger partial charge on any atom is 0.279 e. The van der Waals surface area contributed by atoms with E-state index in [0.29, 0.717) is 34.6 Å². The van der Waals surface area contributed by atoms with Crippen LogP contribution in [0.15, 0.2) is 71.5 Å². The average Bonchev–Trinajstić information content (AvgIpc) is 3.81. The van der Waals surface area contributed by atoms with Gasteiger partial charge >= 0.3 is 0 Å². The lowest BCUT2D eigenvalue weighted by molar-refractivity contribution is -0.150. The first-order valence-electron chi connectivity index (χ1n) is 16.6. The number of rotatable bonds is 8. The van der Waals surface area contributed by atoms with Crippen LogP contribution in [0.3, 0.4) is 0 Å². The van der Waals surface area contributed by atoms with Gasteiger partial charge in [-0.3, -0.25) is 19.5 Å². The summed E-state index contributed by atoms with van der Waals surface area (Å²) < 4.78 is 14.0. The highest BCUT2D eigenvalue weighted by molar-refractivity contribution is 6.71. The summed E-state index contributed by atoms with van der Waals surface area (Å²) in [4.78, 5) is 56.5. The maximum atomic E-state index is 14.8. The van der Waals surface area contributed by atoms with Crippen molar-refractivity contribution in [3.63, 3.8) is 0 Å². The maximum absolute atomic E-state index is 14.8. The summed E-state index contributed by atoms with van der Waals surface area (Å²) in [5.74, 6) is -0.243. The van der Waals surface area contributed by atoms with Gasteiger partial charge in [-0.1, -0.05) is 31.2 Å². The van der Waals surface area contributed by atoms with Crippen molar-refractivity contribution in [2.45, 2.75) is 69.1 Å². The number of para-hydroxylation sites is 1. The van der Waals surface area contributed by atoms with Crippen LogP contribution in [0.5, 0.6) is 5.75 Å². The molecule has 0 saturated carbocycles. The van der Waals surface area contributed by atoms with E-state index >= 15 is 0 Å². The molecule has 2 fully saturated rings. The van der Waals surface area contributed by atoms with Gasteiger partial charge in [-0.2, -0.15) is 0 Å². The number of H-pyrrole nitrogens is 1. The van der Waals surface area contributed by atoms with Crippen molar-refractivity contribution >= 4 is 36.7 Å². The summed E-state index contributed by atoms with van der Waals surface area (Å²) in [6.45, 7) is 6.35. The van der Waals surface area contributed by atoms with Gasteiger partial charge in [0.2, 0.25) is 5.91 Å². The number of hydrogen-bond acceptors (Lipinski definition) is 7. The summed E-state index contributed by atoms with van der Waals surface area (Å²) >= 11 is 0. The fourth-order valence-corrected chi connectivity index (χ4v) is 10.9. The zero-order chi connectivity index (χ0) is 34.0. The lowest BCUT2D eigenvalue weighted by Crippen LogP contribution is -2.46. The molecule has 3 aromatic carbocycles. The molecule has 1 aromatic heterocycles. The summed E-state index contributed by atoms with van der Waals surface area (Å²) in [5.41, 5.74) is 1.65. The molecule has 5 atom stereocenters. The molecular weight excluding hydrogens is 629 g/mol. The van der Waals surface area contributed by atoms with Crippen LogP contribution >= 0.6 is 0 Å². The van der Waals surface area contributed by atoms with Crippen LogP contribution in [0.25, 0.3) is 16.6 Å². The highest BCUT2D eigenvalue weighted by Crippen LogP contribution is 2.60. The van der Waals surface area contributed by atoms with E-state index < -0.39 is 31.5 Å². The Morgan fingerprint density at radius 1 is 1.10 bits per heavy atom. The number of likely N-dealkylation sites (tertiary alicyclic amines) is 1. The van der Waals surface area contributed by atoms with Gasteiger partial charge in [-0.25, -0.2) is 4.68 Å². The Labute approximate surface area is 279 Å². The molecular formula is C36H42N4O7Si. The van der Waals surface area contributed by atoms with Crippen molar-refractivity contribution in [3.8, 4) is 11.4 Å². The number of fused-ring (bicyclic) bond motifs is 3. The molecule has 3 aliphatic rings. The van der Waals surface area contributed by atoms with E-state index in [4.69, 9.17) is 9.47 Å². The molecule has 1 spiro atoms. The van der Waals surface area contributed by atoms with Gasteiger partial charge in [0, 0.05) is 23.6 Å². The zero-order valence-corrected chi connectivity index (χ0v) is 28.7. The fraction of sp³-hybridized carbons (Fsp3) is 0.417. The minimum Gasteiger partial charge on any atom is -0.497 e. The Morgan fingerprint density at radius 3 is 2.54 bits per heavy atom. The number of benzene rings is 3. The Morgan fingerprint density at radius 2 is 1.85 bits per heavy atom. The molecule has 0 aliphatic carbocycles. The number of aliphatic hydroxyl groups is 1. The first kappa shape index (κ1) is 32.3. The van der Waals surface area contributed by atoms with Gasteiger partial charge in [-0.05, 0) is 74.0 Å². The minimum absolute atomic E-state index is 0.0193. The molecule has 0 radical (unpaired) electrons. The number of nitrogens with one attached hydrogen (secondary N) is 1. The molecule has 4 heterocycles. The van der Waals surface area contributed by atoms with Gasteiger partial charge in [0.05, 0.1) is 61.1 Å². The van der Waals surface area contributed by atoms with Crippen LogP contribution in [-0.4, -0.2) is 77.1 Å². The molecule has 2 amide bonds. The summed E-state index contributed by atoms with van der Waals surface area (Å²) in [7, 11) is -1.41. The number of aliphatic hydroxyl groups excluding tert-OH is 1. The van der Waals surface area contributed by atoms with E-state index in [-0.39, 0.29) is 43.0 Å². The number of amides is 2. The molecule has 252 valence electrons. The number of anilines is 1. The number of ether oxygens (including phenoxy) is 2. The van der Waals surface area contributed by atoms with E-state index in [1.165, 1.54) is 4.68 Å². The first-order chi connectivity index (χ1) is 23.0. The third-order valence-electron chi connectivity index (χ3n) is 10.6. The standard InChI is InChI=1S/C36H42N4O7Si/c1-22-33(48(3,4)45)31(19-32(42)38-17-7-8-25(38)21-41)47-36(22)28-18-26(46-2)15-16-30(28)39(35(36)44)20-23-11-13-24(14-12-23)40-34(43)27-9-5-6-10-29(27)37-40/h5-6,9-16,18,22,25,31,33,37,41,45H,7-8,17,19-21H2,1-4H3/t22-,25-,31+,33-,36+/m0/s1. The summed E-state index contributed by atoms with van der Waals surface area (Å²) in [6.07, 6.45) is 0.909. The van der Waals surface area contributed by atoms with E-state index in [0.717, 1.165) is 23.9 Å². The Hall–Kier alpha value is -4.23. The topological polar surface area (TPSA) is 137 Å². The third-order valence-corrected chi connectivity index (χ3v) is 13.1. The summed E-state index contributed by atoms with van der Waals surface area (Å²) in [5, 5.41) is 13.6. The average molecular weight is 671 g/mol. The zero-order valence-electron chi connectivity index (χ0n) is 27.7. The quantitative estimate of drug-likeness (QED) is 0.241. The molecule has 0 unspecified atom stereocenters. The molecule has 2 saturated heterocycles. The second-order valence-corrected chi connectivity index (χ2v) is 17.8. The molecule has 3 aliphatic heterocycles. The molecule has 48 heavy (non-hydrogen) atoms. The minimum atomic E-state index is -2.98. The second-order valence-electron chi connectivity index (χ2n) is 13.9. The molecule has 12 heteroatoms. The highest BCUT2D eigenvalue weighted by atomic mass is 28.4. The van der Waals surface area contributed by atoms with Gasteiger partial charge in [0.1, 0.15) is 5.75 Å². The Bertz CT molecular complexity index is 1930. The third kappa shape index (κ3) is 5.09. The number of methoxy groups -OCH3 is 1. The van der Waals surface area contributed by atoms with E-state index in [9.17, 15) is 24.3 Å². The largest absolute Gasteiger partial charge is 0.497 e. The predicted molar refractivity (Wildman–Crippen MR) is 184 cm³/mol. The molecule has 0 bridgehead atoms. The first-order valence-corrected chi connectivity index (χ1v) is 19.6. The fourth-order valence-electron chi connectivity index (χ4n) is 8.36. The number of carbonyl (C=O) groups excluding carboxylic acids is 2. The van der Waals surface area contributed by atoms with Crippen LogP contribution in [0, 0.1) is 5.92 Å². The van der Waals surface area contributed by atoms with Crippen molar-refractivity contribution in [1.82, 2.24) is 14.7 Å². The normalized spacial score (nSPS) is 25.4. The lowest BCUT2D eigenvalue weighted by atomic mass is 9.82. The van der Waals surface area contributed by atoms with Crippen LogP contribution < -0.4 is 15.2 Å². The molecule has 11 nitrogen and oxygen atoms in total. The van der Waals surface area contributed by atoms with Crippen molar-refractivity contribution in [3.05, 3.63) is 88.2 Å². The number of hydrogen-bond donors (Lipinski definition) is 3. The van der Waals surface area contributed by atoms with Crippen molar-refractivity contribution in [1.29, 1.82) is 0 Å². The molecule has 4 aromatic rings. The SMILES string of the molecule is COc1ccc2c(c1)[C@@]1(O[C@H](CC(=O)N3CCC[C@H]3CO)[C@@H]([Si](C)(C)O)[C@@H]1C)C(=O)N2Cc1ccc(-n2[nH]c3ccccc3c2=O)cc1. The van der Waals surface area contributed by atoms with Crippen molar-refractivity contribution in [2.24, 2.45) is 5.92 Å². The van der Waals surface area contributed by atoms with Gasteiger partial charge < -0.3 is 29.2 Å². The van der Waals surface area contributed by atoms with Crippen LogP contribution in [0.1, 0.15) is 37.3 Å². The van der Waals surface area contributed by atoms with Crippen molar-refractivity contribution < 1.29 is 29.0 Å². The summed E-state index contributed by atoms with van der Waals surface area (Å²) in [6, 6.07) is 20.1. The monoisotopic (exact) mass is 670 g/mol. The van der Waals surface area contributed by atoms with Crippen LogP contribution in [0.4, 0.5) is 5.69 Å². The van der Waals surface area contributed by atoms with Gasteiger partial charge in [0.15, 0.2) is 13.9 Å². The van der Waals surface area contributed by atoms with E-state index in [2.05, 4.69) is 5.10 Å². The van der Waals surface area contributed by atoms with Crippen molar-refractivity contribution in [2.75, 3.05) is 25.2 Å². The smallest absolute Gasteiger partial charge is 0.279 e. The van der Waals surface area contributed by atoms with Gasteiger partial charge in [-0.15, -0.1) is 0 Å². The Balaban J connectivity index is 1.22. The highest BCUT2D eigenvalue weighted by Gasteiger charge is 2.66. The predicted octanol–water partition coefficient (Wildman–Crippen LogP) is 4.05. The van der Waals surface area contributed by atoms with Gasteiger partial charge in [0.25, 0.3) is 11.5 Å². The lowest BCUT2D eigenvalue weighted by Gasteiger charge is -2.32. The molecule has 3 N–H and O–H groups in total. The van der Waals surface area contributed by atoms with Crippen LogP contribution in [-0.2, 0) is 26.5 Å². The number of aromatic amines is 1. The number of aromatic nitrogens is 2. The molecule has 7 rings (SSSR count). The Kier molecular flexibility index (Phi) is 8.10. The van der Waals surface area contributed by atoms with E-state index in [1.54, 1.807) is 23.0 Å². The second kappa shape index (κ2) is 12.0. The number of carbonyl (C=O) groups is 2. The van der Waals surface area contributed by atoms with E-state index in [1.807, 2.05) is 80.7 Å².